The summed E-state index contributed by atoms with van der Waals surface area (Å²) in [4.78, 5) is 16.8. The lowest BCUT2D eigenvalue weighted by Gasteiger charge is -2.30. The van der Waals surface area contributed by atoms with Crippen LogP contribution in [0.1, 0.15) is 17.2 Å². The van der Waals surface area contributed by atoms with Crippen LogP contribution in [0.4, 0.5) is 0 Å². The van der Waals surface area contributed by atoms with Gasteiger partial charge in [0.2, 0.25) is 0 Å². The van der Waals surface area contributed by atoms with Gasteiger partial charge in [-0.15, -0.1) is 0 Å². The molecule has 2 aliphatic rings. The fourth-order valence-corrected chi connectivity index (χ4v) is 2.33. The molecule has 1 amide bonds. The van der Waals surface area contributed by atoms with Gasteiger partial charge < -0.3 is 4.74 Å². The molecule has 0 bridgehead atoms. The van der Waals surface area contributed by atoms with Crippen molar-refractivity contribution in [3.05, 3.63) is 29.3 Å². The second kappa shape index (κ2) is 2.97. The number of nitrogens with zero attached hydrogens (tertiary/aromatic N) is 1. The number of carbonyl (C=O) groups is 1. The first-order valence-corrected chi connectivity index (χ1v) is 4.92. The predicted octanol–water partition coefficient (Wildman–Crippen LogP) is 1.07. The third-order valence-corrected chi connectivity index (χ3v) is 2.95. The van der Waals surface area contributed by atoms with E-state index in [1.807, 2.05) is 18.2 Å². The van der Waals surface area contributed by atoms with Gasteiger partial charge in [0.25, 0.3) is 5.91 Å². The summed E-state index contributed by atoms with van der Waals surface area (Å²) in [7, 11) is 1.52. The summed E-state index contributed by atoms with van der Waals surface area (Å²) in [5.74, 6) is 0.879. The summed E-state index contributed by atoms with van der Waals surface area (Å²) in [5.41, 5.74) is 2.17. The monoisotopic (exact) mass is 205 g/mol. The van der Waals surface area contributed by atoms with Gasteiger partial charge in [-0.05, 0) is 11.6 Å². The van der Waals surface area contributed by atoms with Crippen molar-refractivity contribution in [2.75, 3.05) is 13.7 Å². The molecule has 78 valence electrons. The molecule has 1 atom stereocenters. The Hall–Kier alpha value is -1.55. The van der Waals surface area contributed by atoms with E-state index < -0.39 is 0 Å². The molecule has 3 rings (SSSR count). The molecule has 0 aliphatic carbocycles. The lowest BCUT2D eigenvalue weighted by molar-refractivity contribution is -0.191. The quantitative estimate of drug-likeness (QED) is 0.688. The van der Waals surface area contributed by atoms with Crippen LogP contribution in [0.25, 0.3) is 0 Å². The van der Waals surface area contributed by atoms with Crippen molar-refractivity contribution in [1.29, 1.82) is 0 Å². The van der Waals surface area contributed by atoms with Gasteiger partial charge in [0.15, 0.2) is 0 Å². The van der Waals surface area contributed by atoms with Gasteiger partial charge >= 0.3 is 0 Å². The fourth-order valence-electron chi connectivity index (χ4n) is 2.33. The minimum Gasteiger partial charge on any atom is -0.491 e. The minimum absolute atomic E-state index is 0.00218. The number of hydrogen-bond acceptors (Lipinski definition) is 3. The van der Waals surface area contributed by atoms with E-state index >= 15 is 0 Å². The maximum absolute atomic E-state index is 11.7. The van der Waals surface area contributed by atoms with Crippen LogP contribution in [0, 0.1) is 0 Å². The molecular formula is C11H11NO3. The van der Waals surface area contributed by atoms with E-state index in [1.54, 1.807) is 0 Å². The van der Waals surface area contributed by atoms with Crippen LogP contribution in [-0.4, -0.2) is 24.7 Å². The topological polar surface area (TPSA) is 38.8 Å². The molecule has 0 aromatic heterocycles. The molecule has 4 heteroatoms. The molecular weight excluding hydrogens is 194 g/mol. The molecule has 0 radical (unpaired) electrons. The summed E-state index contributed by atoms with van der Waals surface area (Å²) >= 11 is 0. The summed E-state index contributed by atoms with van der Waals surface area (Å²) in [5, 5.41) is 1.42. The summed E-state index contributed by atoms with van der Waals surface area (Å²) in [6, 6.07) is 5.77. The summed E-state index contributed by atoms with van der Waals surface area (Å²) in [6.45, 7) is 0.492. The Morgan fingerprint density at radius 3 is 3.20 bits per heavy atom. The second-order valence-corrected chi connectivity index (χ2v) is 3.73. The van der Waals surface area contributed by atoms with E-state index in [-0.39, 0.29) is 11.9 Å². The highest BCUT2D eigenvalue weighted by Gasteiger charge is 2.39. The average molecular weight is 205 g/mol. The number of rotatable bonds is 1. The van der Waals surface area contributed by atoms with Crippen molar-refractivity contribution in [3.8, 4) is 5.75 Å². The van der Waals surface area contributed by atoms with Gasteiger partial charge in [-0.1, -0.05) is 12.1 Å². The first-order valence-electron chi connectivity index (χ1n) is 4.92. The normalized spacial score (nSPS) is 22.6. The Morgan fingerprint density at radius 2 is 2.40 bits per heavy atom. The van der Waals surface area contributed by atoms with E-state index in [0.29, 0.717) is 13.0 Å². The maximum Gasteiger partial charge on any atom is 0.251 e. The minimum atomic E-state index is -0.0672. The zero-order valence-electron chi connectivity index (χ0n) is 8.40. The van der Waals surface area contributed by atoms with Crippen LogP contribution in [0.15, 0.2) is 18.2 Å². The molecule has 2 aliphatic heterocycles. The molecule has 0 fully saturated rings. The lowest BCUT2D eigenvalue weighted by atomic mass is 9.95. The molecule has 0 spiro atoms. The SMILES string of the molecule is CON1C(=O)Cc2cccc3c2[C@@H]1CO3. The Balaban J connectivity index is 2.15. The molecule has 0 N–H and O–H groups in total. The van der Waals surface area contributed by atoms with E-state index in [2.05, 4.69) is 0 Å². The van der Waals surface area contributed by atoms with Crippen LogP contribution in [-0.2, 0) is 16.1 Å². The fraction of sp³-hybridized carbons (Fsp3) is 0.364. The van der Waals surface area contributed by atoms with Crippen molar-refractivity contribution < 1.29 is 14.4 Å². The maximum atomic E-state index is 11.7. The van der Waals surface area contributed by atoms with Crippen molar-refractivity contribution in [2.24, 2.45) is 0 Å². The van der Waals surface area contributed by atoms with Gasteiger partial charge in [-0.3, -0.25) is 9.63 Å². The zero-order valence-corrected chi connectivity index (χ0v) is 8.40. The highest BCUT2D eigenvalue weighted by Crippen LogP contribution is 2.41. The number of benzene rings is 1. The third-order valence-electron chi connectivity index (χ3n) is 2.95. The molecule has 2 heterocycles. The molecule has 1 aromatic carbocycles. The van der Waals surface area contributed by atoms with Crippen molar-refractivity contribution >= 4 is 5.91 Å². The predicted molar refractivity (Wildman–Crippen MR) is 52.2 cm³/mol. The van der Waals surface area contributed by atoms with E-state index in [0.717, 1.165) is 16.9 Å². The van der Waals surface area contributed by atoms with Crippen LogP contribution in [0.5, 0.6) is 5.75 Å². The number of carbonyl (C=O) groups excluding carboxylic acids is 1. The lowest BCUT2D eigenvalue weighted by Crippen LogP contribution is -2.39. The smallest absolute Gasteiger partial charge is 0.251 e. The summed E-state index contributed by atoms with van der Waals surface area (Å²) < 4.78 is 5.53. The molecule has 15 heavy (non-hydrogen) atoms. The van der Waals surface area contributed by atoms with Crippen LogP contribution in [0.2, 0.25) is 0 Å². The standard InChI is InChI=1S/C11H11NO3/c1-14-12-8-6-15-9-4-2-3-7(11(8)9)5-10(12)13/h2-4,8H,5-6H2,1H3/t8-/m0/s1. The highest BCUT2D eigenvalue weighted by molar-refractivity contribution is 5.81. The Morgan fingerprint density at radius 1 is 1.53 bits per heavy atom. The Bertz CT molecular complexity index is 430. The van der Waals surface area contributed by atoms with Gasteiger partial charge in [0, 0.05) is 5.56 Å². The van der Waals surface area contributed by atoms with Gasteiger partial charge in [0.1, 0.15) is 18.4 Å². The van der Waals surface area contributed by atoms with Crippen LogP contribution >= 0.6 is 0 Å². The molecule has 0 unspecified atom stereocenters. The highest BCUT2D eigenvalue weighted by atomic mass is 16.7. The number of hydrogen-bond donors (Lipinski definition) is 0. The first-order chi connectivity index (χ1) is 7.31. The molecule has 4 nitrogen and oxygen atoms in total. The zero-order chi connectivity index (χ0) is 10.4. The number of hydroxylamine groups is 2. The number of ether oxygens (including phenoxy) is 1. The molecule has 0 saturated carbocycles. The van der Waals surface area contributed by atoms with Crippen molar-refractivity contribution in [1.82, 2.24) is 5.06 Å². The van der Waals surface area contributed by atoms with Crippen molar-refractivity contribution in [2.45, 2.75) is 12.5 Å². The van der Waals surface area contributed by atoms with Crippen molar-refractivity contribution in [3.63, 3.8) is 0 Å². The second-order valence-electron chi connectivity index (χ2n) is 3.73. The van der Waals surface area contributed by atoms with Gasteiger partial charge in [-0.2, -0.15) is 0 Å². The summed E-state index contributed by atoms with van der Waals surface area (Å²) in [6.07, 6.45) is 0.400. The van der Waals surface area contributed by atoms with Crippen LogP contribution in [0.3, 0.4) is 0 Å². The van der Waals surface area contributed by atoms with E-state index in [9.17, 15) is 4.79 Å². The molecule has 1 aromatic rings. The number of amides is 1. The van der Waals surface area contributed by atoms with Crippen LogP contribution < -0.4 is 4.74 Å². The average Bonchev–Trinajstić information content (AvgIpc) is 2.64. The Labute approximate surface area is 87.3 Å². The van der Waals surface area contributed by atoms with E-state index in [4.69, 9.17) is 9.57 Å². The first kappa shape index (κ1) is 8.73. The van der Waals surface area contributed by atoms with Gasteiger partial charge in [0.05, 0.1) is 13.5 Å². The Kier molecular flexibility index (Phi) is 1.73. The largest absolute Gasteiger partial charge is 0.491 e. The third kappa shape index (κ3) is 1.08. The van der Waals surface area contributed by atoms with E-state index in [1.165, 1.54) is 12.2 Å². The van der Waals surface area contributed by atoms with Gasteiger partial charge in [-0.25, -0.2) is 5.06 Å². The molecule has 0 saturated heterocycles.